The van der Waals surface area contributed by atoms with Gasteiger partial charge < -0.3 is 26.2 Å². The number of rotatable bonds is 22. The number of aryl methyl sites for hydroxylation is 1. The molecule has 0 bridgehead atoms. The number of sulfonamides is 1. The van der Waals surface area contributed by atoms with Crippen LogP contribution in [0.5, 0.6) is 0 Å². The predicted molar refractivity (Wildman–Crippen MR) is 256 cm³/mol. The maximum Gasteiger partial charge on any atom is 0.277 e. The van der Waals surface area contributed by atoms with Gasteiger partial charge >= 0.3 is 0 Å². The number of fused-ring (bicyclic) bond motifs is 1. The number of anilines is 1. The van der Waals surface area contributed by atoms with Crippen LogP contribution in [0.3, 0.4) is 0 Å². The fraction of sp³-hybridized carbons (Fsp3) is 0.391. The third kappa shape index (κ3) is 13.1. The second-order valence-corrected chi connectivity index (χ2v) is 19.3. The molecule has 0 fully saturated rings. The van der Waals surface area contributed by atoms with Gasteiger partial charge in [-0.3, -0.25) is 33.3 Å². The summed E-state index contributed by atoms with van der Waals surface area (Å²) >= 11 is 1.48. The molecule has 2 aromatic heterocycles. The lowest BCUT2D eigenvalue weighted by Crippen LogP contribution is -2.55. The molecule has 5 N–H and O–H groups in total. The molecular formula is C46H58N10O8S2. The van der Waals surface area contributed by atoms with Crippen LogP contribution in [-0.2, 0) is 41.4 Å². The van der Waals surface area contributed by atoms with Crippen molar-refractivity contribution < 1.29 is 27.6 Å². The van der Waals surface area contributed by atoms with Crippen LogP contribution in [0, 0.1) is 26.7 Å². The van der Waals surface area contributed by atoms with Crippen molar-refractivity contribution in [2.24, 2.45) is 16.1 Å². The van der Waals surface area contributed by atoms with Gasteiger partial charge in [0.05, 0.1) is 28.5 Å². The number of nitrogens with zero attached hydrogens (tertiary/aromatic N) is 5. The summed E-state index contributed by atoms with van der Waals surface area (Å²) in [7, 11) is -0.390. The number of thioether (sulfide) groups is 1. The number of carbonyl (C=O) groups is 4. The molecule has 66 heavy (non-hydrogen) atoms. The average molecular weight is 943 g/mol. The maximum atomic E-state index is 13.6. The van der Waals surface area contributed by atoms with E-state index in [1.54, 1.807) is 55.6 Å². The first-order chi connectivity index (χ1) is 31.3. The van der Waals surface area contributed by atoms with Gasteiger partial charge in [-0.2, -0.15) is 31.2 Å². The summed E-state index contributed by atoms with van der Waals surface area (Å²) in [5.41, 5.74) is 4.43. The number of benzene rings is 3. The molecule has 0 aliphatic heterocycles. The predicted octanol–water partition coefficient (Wildman–Crippen LogP) is 3.69. The zero-order chi connectivity index (χ0) is 48.3. The topological polar surface area (TPSA) is 233 Å². The lowest BCUT2D eigenvalue weighted by molar-refractivity contribution is -0.132. The van der Waals surface area contributed by atoms with E-state index in [4.69, 9.17) is 0 Å². The summed E-state index contributed by atoms with van der Waals surface area (Å²) in [5, 5.41) is 19.0. The largest absolute Gasteiger partial charge is 0.378 e. The summed E-state index contributed by atoms with van der Waals surface area (Å²) in [6, 6.07) is 18.6. The van der Waals surface area contributed by atoms with E-state index in [1.165, 1.54) is 43.0 Å². The SMILES string of the molecule is Cc1c(C)n2c(CSCCNC(=O)[C@H](C)NC(=O)[C@H](CC(C)C)NC(=O)CNC(=O)[C@H](Cc3ccccc3)NS(=O)(=O)c3ccc(N=Nc4ccc(N(C)C)cc4)cc3)c(C)c(=O)n2c1=O. The zero-order valence-corrected chi connectivity index (χ0v) is 40.0. The van der Waals surface area contributed by atoms with Crippen molar-refractivity contribution in [3.8, 4) is 0 Å². The van der Waals surface area contributed by atoms with E-state index in [9.17, 15) is 37.2 Å². The zero-order valence-electron chi connectivity index (χ0n) is 38.4. The normalized spacial score (nSPS) is 13.1. The van der Waals surface area contributed by atoms with Gasteiger partial charge in [-0.25, -0.2) is 8.42 Å². The summed E-state index contributed by atoms with van der Waals surface area (Å²) in [5.74, 6) is -1.63. The maximum absolute atomic E-state index is 13.6. The van der Waals surface area contributed by atoms with E-state index in [1.807, 2.05) is 57.1 Å². The molecule has 0 spiro atoms. The molecule has 20 heteroatoms. The van der Waals surface area contributed by atoms with Crippen LogP contribution in [0.25, 0.3) is 0 Å². The monoisotopic (exact) mass is 942 g/mol. The molecule has 0 unspecified atom stereocenters. The van der Waals surface area contributed by atoms with Crippen molar-refractivity contribution in [3.63, 3.8) is 0 Å². The minimum atomic E-state index is -4.25. The number of hydrogen-bond donors (Lipinski definition) is 5. The minimum absolute atomic E-state index is 0.0290. The van der Waals surface area contributed by atoms with Crippen molar-refractivity contribution in [1.82, 2.24) is 35.0 Å². The number of aromatic nitrogens is 2. The molecule has 352 valence electrons. The second-order valence-electron chi connectivity index (χ2n) is 16.5. The molecular weight excluding hydrogens is 885 g/mol. The molecule has 0 radical (unpaired) electrons. The van der Waals surface area contributed by atoms with Crippen molar-refractivity contribution in [2.75, 3.05) is 37.8 Å². The quantitative estimate of drug-likeness (QED) is 0.0499. The van der Waals surface area contributed by atoms with Crippen LogP contribution < -0.4 is 42.0 Å². The Kier molecular flexibility index (Phi) is 17.4. The van der Waals surface area contributed by atoms with Gasteiger partial charge in [-0.1, -0.05) is 44.2 Å². The van der Waals surface area contributed by atoms with Crippen molar-refractivity contribution in [1.29, 1.82) is 0 Å². The number of amides is 4. The van der Waals surface area contributed by atoms with Gasteiger partial charge in [0.1, 0.15) is 18.1 Å². The first-order valence-corrected chi connectivity index (χ1v) is 24.1. The Morgan fingerprint density at radius 2 is 1.33 bits per heavy atom. The minimum Gasteiger partial charge on any atom is -0.378 e. The Balaban J connectivity index is 1.13. The fourth-order valence-corrected chi connectivity index (χ4v) is 9.05. The Hall–Kier alpha value is -6.38. The lowest BCUT2D eigenvalue weighted by atomic mass is 10.0. The number of hydrogen-bond acceptors (Lipinski definition) is 12. The van der Waals surface area contributed by atoms with E-state index in [0.717, 1.165) is 15.9 Å². The summed E-state index contributed by atoms with van der Waals surface area (Å²) in [6.07, 6.45) is 0.196. The first kappa shape index (κ1) is 50.6. The number of carbonyl (C=O) groups excluding carboxylic acids is 4. The van der Waals surface area contributed by atoms with Gasteiger partial charge in [-0.05, 0) is 101 Å². The Labute approximate surface area is 388 Å². The van der Waals surface area contributed by atoms with E-state index < -0.39 is 58.3 Å². The van der Waals surface area contributed by atoms with Gasteiger partial charge in [-0.15, -0.1) is 0 Å². The molecule has 0 saturated heterocycles. The highest BCUT2D eigenvalue weighted by molar-refractivity contribution is 7.98. The third-order valence-electron chi connectivity index (χ3n) is 10.8. The number of nitrogens with one attached hydrogen (secondary N) is 5. The summed E-state index contributed by atoms with van der Waals surface area (Å²) < 4.78 is 32.5. The van der Waals surface area contributed by atoms with Crippen LogP contribution in [0.4, 0.5) is 17.1 Å². The van der Waals surface area contributed by atoms with Crippen LogP contribution in [0.1, 0.15) is 55.3 Å². The first-order valence-electron chi connectivity index (χ1n) is 21.4. The third-order valence-corrected chi connectivity index (χ3v) is 13.2. The summed E-state index contributed by atoms with van der Waals surface area (Å²) in [4.78, 5) is 80.3. The van der Waals surface area contributed by atoms with E-state index in [0.29, 0.717) is 45.3 Å². The molecule has 0 aliphatic carbocycles. The van der Waals surface area contributed by atoms with Gasteiger partial charge in [0, 0.05) is 54.7 Å². The smallest absolute Gasteiger partial charge is 0.277 e. The van der Waals surface area contributed by atoms with Crippen LogP contribution in [-0.4, -0.2) is 92.1 Å². The molecule has 5 rings (SSSR count). The van der Waals surface area contributed by atoms with E-state index in [2.05, 4.69) is 36.2 Å². The highest BCUT2D eigenvalue weighted by Gasteiger charge is 2.29. The fourth-order valence-electron chi connectivity index (χ4n) is 6.93. The van der Waals surface area contributed by atoms with Crippen molar-refractivity contribution in [3.05, 3.63) is 128 Å². The molecule has 2 heterocycles. The molecule has 0 saturated carbocycles. The molecule has 3 atom stereocenters. The Bertz CT molecular complexity index is 2760. The van der Waals surface area contributed by atoms with Gasteiger partial charge in [0.2, 0.25) is 33.7 Å². The standard InChI is InChI=1S/C46H58N10O8S2/c1-28(2)24-38(44(60)49-31(5)42(58)47-22-23-65-27-40-30(4)46(62)56-45(61)29(3)32(6)55(40)56)50-41(57)26-48-43(59)39(25-33-12-10-9-11-13-33)53-66(63,64)37-20-16-35(17-21-37)52-51-34-14-18-36(19-15-34)54(7)8/h9-21,28,31,38-39,53H,22-27H2,1-8H3,(H,47,58)(H,48,59)(H,49,60)(H,50,57)/t31-,38-,39-/m0/s1. The van der Waals surface area contributed by atoms with Crippen molar-refractivity contribution >= 4 is 62.5 Å². The van der Waals surface area contributed by atoms with E-state index in [-0.39, 0.29) is 41.3 Å². The Morgan fingerprint density at radius 1 is 0.727 bits per heavy atom. The van der Waals surface area contributed by atoms with Crippen molar-refractivity contribution in [2.45, 2.75) is 83.2 Å². The molecule has 0 aliphatic rings. The van der Waals surface area contributed by atoms with Crippen LogP contribution in [0.2, 0.25) is 0 Å². The molecule has 18 nitrogen and oxygen atoms in total. The molecule has 5 aromatic rings. The Morgan fingerprint density at radius 3 is 1.94 bits per heavy atom. The second kappa shape index (κ2) is 22.7. The average Bonchev–Trinajstić information content (AvgIpc) is 3.66. The highest BCUT2D eigenvalue weighted by Crippen LogP contribution is 2.23. The van der Waals surface area contributed by atoms with Crippen LogP contribution >= 0.6 is 11.8 Å². The molecule has 3 aromatic carbocycles. The van der Waals surface area contributed by atoms with Gasteiger partial charge in [0.25, 0.3) is 11.1 Å². The van der Waals surface area contributed by atoms with Crippen LogP contribution in [0.15, 0.2) is 104 Å². The molecule has 4 amide bonds. The number of azo groups is 1. The highest BCUT2D eigenvalue weighted by atomic mass is 32.2. The van der Waals surface area contributed by atoms with E-state index >= 15 is 0 Å². The lowest BCUT2D eigenvalue weighted by Gasteiger charge is -2.23. The summed E-state index contributed by atoms with van der Waals surface area (Å²) in [6.45, 7) is 10.1. The van der Waals surface area contributed by atoms with Gasteiger partial charge in [0.15, 0.2) is 0 Å².